The molecule has 1 aromatic heterocycles. The van der Waals surface area contributed by atoms with Crippen molar-refractivity contribution in [2.24, 2.45) is 0 Å². The van der Waals surface area contributed by atoms with Crippen molar-refractivity contribution >= 4 is 27.5 Å². The maximum absolute atomic E-state index is 13.3. The molecule has 0 amide bonds. The summed E-state index contributed by atoms with van der Waals surface area (Å²) < 4.78 is 14.3. The van der Waals surface area contributed by atoms with Crippen molar-refractivity contribution in [3.05, 3.63) is 63.1 Å². The van der Waals surface area contributed by atoms with Gasteiger partial charge in [0.05, 0.1) is 12.2 Å². The van der Waals surface area contributed by atoms with E-state index in [4.69, 9.17) is 11.6 Å². The molecule has 0 aliphatic carbocycles. The van der Waals surface area contributed by atoms with E-state index in [0.717, 1.165) is 22.1 Å². The zero-order valence-corrected chi connectivity index (χ0v) is 12.7. The number of nitrogens with one attached hydrogen (secondary N) is 1. The summed E-state index contributed by atoms with van der Waals surface area (Å²) >= 11 is 9.67. The van der Waals surface area contributed by atoms with Gasteiger partial charge in [-0.3, -0.25) is 4.98 Å². The van der Waals surface area contributed by atoms with Gasteiger partial charge >= 0.3 is 0 Å². The Morgan fingerprint density at radius 2 is 2.16 bits per heavy atom. The van der Waals surface area contributed by atoms with Gasteiger partial charge in [0.2, 0.25) is 0 Å². The number of nitrogens with zero attached hydrogens (tertiary/aromatic N) is 1. The van der Waals surface area contributed by atoms with E-state index in [-0.39, 0.29) is 11.9 Å². The number of aromatic nitrogens is 1. The van der Waals surface area contributed by atoms with Gasteiger partial charge in [0, 0.05) is 15.7 Å². The fraction of sp³-hybridized carbons (Fsp3) is 0.214. The van der Waals surface area contributed by atoms with Crippen LogP contribution in [-0.2, 0) is 0 Å². The van der Waals surface area contributed by atoms with E-state index in [1.165, 1.54) is 12.3 Å². The van der Waals surface area contributed by atoms with Gasteiger partial charge in [-0.25, -0.2) is 4.39 Å². The Labute approximate surface area is 125 Å². The third kappa shape index (κ3) is 3.53. The molecule has 1 aromatic carbocycles. The first-order valence-corrected chi connectivity index (χ1v) is 7.07. The molecule has 2 aromatic rings. The number of rotatable bonds is 4. The number of hydrogen-bond acceptors (Lipinski definition) is 2. The summed E-state index contributed by atoms with van der Waals surface area (Å²) in [4.78, 5) is 3.90. The highest BCUT2D eigenvalue weighted by atomic mass is 79.9. The van der Waals surface area contributed by atoms with Gasteiger partial charge < -0.3 is 5.32 Å². The molecule has 0 bridgehead atoms. The summed E-state index contributed by atoms with van der Waals surface area (Å²) in [5.41, 5.74) is 1.65. The molecule has 100 valence electrons. The maximum Gasteiger partial charge on any atom is 0.141 e. The predicted octanol–water partition coefficient (Wildman–Crippen LogP) is 4.34. The van der Waals surface area contributed by atoms with Crippen LogP contribution in [-0.4, -0.2) is 11.5 Å². The van der Waals surface area contributed by atoms with Gasteiger partial charge in [-0.15, -0.1) is 0 Å². The molecule has 0 aliphatic heterocycles. The Morgan fingerprint density at radius 1 is 1.37 bits per heavy atom. The molecule has 19 heavy (non-hydrogen) atoms. The normalized spacial score (nSPS) is 12.4. The topological polar surface area (TPSA) is 24.9 Å². The highest BCUT2D eigenvalue weighted by Gasteiger charge is 2.17. The summed E-state index contributed by atoms with van der Waals surface area (Å²) in [7, 11) is 0. The quantitative estimate of drug-likeness (QED) is 0.893. The molecule has 0 saturated carbocycles. The van der Waals surface area contributed by atoms with Crippen LogP contribution >= 0.6 is 27.5 Å². The van der Waals surface area contributed by atoms with E-state index in [1.54, 1.807) is 6.20 Å². The highest BCUT2D eigenvalue weighted by Crippen LogP contribution is 2.30. The van der Waals surface area contributed by atoms with Crippen LogP contribution in [0.5, 0.6) is 0 Å². The van der Waals surface area contributed by atoms with Crippen LogP contribution in [0, 0.1) is 5.82 Å². The Hall–Kier alpha value is -0.970. The molecule has 2 rings (SSSR count). The molecule has 0 spiro atoms. The SMILES string of the molecule is CCNC(c1cncc(F)c1)c1cc(Br)ccc1Cl. The van der Waals surface area contributed by atoms with E-state index in [1.807, 2.05) is 25.1 Å². The van der Waals surface area contributed by atoms with E-state index in [9.17, 15) is 4.39 Å². The Kier molecular flexibility index (Phi) is 4.91. The summed E-state index contributed by atoms with van der Waals surface area (Å²) in [6.45, 7) is 2.73. The lowest BCUT2D eigenvalue weighted by molar-refractivity contribution is 0.596. The lowest BCUT2D eigenvalue weighted by atomic mass is 10.00. The number of halogens is 3. The molecule has 0 fully saturated rings. The fourth-order valence-electron chi connectivity index (χ4n) is 1.93. The van der Waals surface area contributed by atoms with Crippen molar-refractivity contribution < 1.29 is 4.39 Å². The smallest absolute Gasteiger partial charge is 0.141 e. The number of hydrogen-bond donors (Lipinski definition) is 1. The monoisotopic (exact) mass is 342 g/mol. The molecule has 0 saturated heterocycles. The zero-order valence-electron chi connectivity index (χ0n) is 10.3. The molecular formula is C14H13BrClFN2. The van der Waals surface area contributed by atoms with Crippen molar-refractivity contribution in [2.75, 3.05) is 6.54 Å². The lowest BCUT2D eigenvalue weighted by Gasteiger charge is -2.20. The van der Waals surface area contributed by atoms with E-state index in [2.05, 4.69) is 26.2 Å². The molecule has 1 N–H and O–H groups in total. The van der Waals surface area contributed by atoms with E-state index < -0.39 is 0 Å². The second-order valence-corrected chi connectivity index (χ2v) is 5.42. The summed E-state index contributed by atoms with van der Waals surface area (Å²) in [5.74, 6) is -0.355. The van der Waals surface area contributed by atoms with Crippen molar-refractivity contribution in [1.82, 2.24) is 10.3 Å². The average Bonchev–Trinajstić information content (AvgIpc) is 2.39. The second kappa shape index (κ2) is 6.46. The number of pyridine rings is 1. The Bertz CT molecular complexity index is 577. The lowest BCUT2D eigenvalue weighted by Crippen LogP contribution is -2.22. The third-order valence-corrected chi connectivity index (χ3v) is 3.57. The minimum absolute atomic E-state index is 0.182. The van der Waals surface area contributed by atoms with Crippen LogP contribution in [0.2, 0.25) is 5.02 Å². The largest absolute Gasteiger partial charge is 0.306 e. The molecule has 5 heteroatoms. The van der Waals surface area contributed by atoms with Crippen LogP contribution < -0.4 is 5.32 Å². The third-order valence-electron chi connectivity index (χ3n) is 2.74. The van der Waals surface area contributed by atoms with Crippen molar-refractivity contribution in [1.29, 1.82) is 0 Å². The molecule has 0 radical (unpaired) electrons. The van der Waals surface area contributed by atoms with Gasteiger partial charge in [0.25, 0.3) is 0 Å². The number of benzene rings is 1. The minimum Gasteiger partial charge on any atom is -0.306 e. The van der Waals surface area contributed by atoms with Gasteiger partial charge in [0.15, 0.2) is 0 Å². The van der Waals surface area contributed by atoms with Gasteiger partial charge in [-0.1, -0.05) is 34.5 Å². The fourth-order valence-corrected chi connectivity index (χ4v) is 2.54. The minimum atomic E-state index is -0.355. The van der Waals surface area contributed by atoms with Crippen LogP contribution in [0.25, 0.3) is 0 Å². The van der Waals surface area contributed by atoms with Gasteiger partial charge in [0.1, 0.15) is 5.82 Å². The van der Waals surface area contributed by atoms with Crippen LogP contribution in [0.15, 0.2) is 41.1 Å². The summed E-state index contributed by atoms with van der Waals surface area (Å²) in [5, 5.41) is 3.94. The van der Waals surface area contributed by atoms with Crippen LogP contribution in [0.1, 0.15) is 24.1 Å². The molecular weight excluding hydrogens is 331 g/mol. The summed E-state index contributed by atoms with van der Waals surface area (Å²) in [6.07, 6.45) is 2.84. The first-order chi connectivity index (χ1) is 9.11. The van der Waals surface area contributed by atoms with Gasteiger partial charge in [-0.2, -0.15) is 0 Å². The molecule has 0 aliphatic rings. The van der Waals surface area contributed by atoms with Crippen molar-refractivity contribution in [3.63, 3.8) is 0 Å². The predicted molar refractivity (Wildman–Crippen MR) is 78.9 cm³/mol. The Balaban J connectivity index is 2.48. The zero-order chi connectivity index (χ0) is 13.8. The van der Waals surface area contributed by atoms with Crippen molar-refractivity contribution in [3.8, 4) is 0 Å². The van der Waals surface area contributed by atoms with Crippen LogP contribution in [0.3, 0.4) is 0 Å². The maximum atomic E-state index is 13.3. The van der Waals surface area contributed by atoms with Crippen molar-refractivity contribution in [2.45, 2.75) is 13.0 Å². The second-order valence-electron chi connectivity index (χ2n) is 4.09. The molecule has 1 unspecified atom stereocenters. The standard InChI is InChI=1S/C14H13BrClFN2/c1-2-19-14(9-5-11(17)8-18-7-9)12-6-10(15)3-4-13(12)16/h3-8,14,19H,2H2,1H3. The Morgan fingerprint density at radius 3 is 2.84 bits per heavy atom. The van der Waals surface area contributed by atoms with Crippen LogP contribution in [0.4, 0.5) is 4.39 Å². The first-order valence-electron chi connectivity index (χ1n) is 5.90. The molecule has 1 atom stereocenters. The van der Waals surface area contributed by atoms with E-state index in [0.29, 0.717) is 5.02 Å². The summed E-state index contributed by atoms with van der Waals surface area (Å²) in [6, 6.07) is 6.91. The first kappa shape index (κ1) is 14.4. The molecule has 1 heterocycles. The highest BCUT2D eigenvalue weighted by molar-refractivity contribution is 9.10. The molecule has 2 nitrogen and oxygen atoms in total. The van der Waals surface area contributed by atoms with E-state index >= 15 is 0 Å². The van der Waals surface area contributed by atoms with Gasteiger partial charge in [-0.05, 0) is 41.9 Å². The average molecular weight is 344 g/mol.